The molecule has 4 nitrogen and oxygen atoms in total. The molecular formula is C13H13N3OS. The van der Waals surface area contributed by atoms with Crippen molar-refractivity contribution in [3.8, 4) is 11.3 Å². The van der Waals surface area contributed by atoms with Gasteiger partial charge in [0.1, 0.15) is 5.52 Å². The number of nitrogens with zero attached hydrogens (tertiary/aromatic N) is 2. The molecule has 0 bridgehead atoms. The third-order valence-electron chi connectivity index (χ3n) is 2.92. The zero-order valence-electron chi connectivity index (χ0n) is 9.96. The molecule has 0 amide bonds. The zero-order valence-corrected chi connectivity index (χ0v) is 10.8. The number of thiazole rings is 1. The number of benzene rings is 1. The third-order valence-corrected chi connectivity index (χ3v) is 4.00. The molecule has 0 aliphatic carbocycles. The smallest absolute Gasteiger partial charge is 0.181 e. The average molecular weight is 259 g/mol. The van der Waals surface area contributed by atoms with Crippen molar-refractivity contribution in [2.24, 2.45) is 5.73 Å². The Morgan fingerprint density at radius 1 is 1.44 bits per heavy atom. The van der Waals surface area contributed by atoms with Gasteiger partial charge in [-0.2, -0.15) is 0 Å². The molecule has 0 saturated heterocycles. The van der Waals surface area contributed by atoms with Crippen LogP contribution in [0.5, 0.6) is 0 Å². The Balaban J connectivity index is 2.00. The van der Waals surface area contributed by atoms with Gasteiger partial charge in [-0.25, -0.2) is 9.97 Å². The van der Waals surface area contributed by atoms with E-state index in [-0.39, 0.29) is 0 Å². The van der Waals surface area contributed by atoms with Crippen LogP contribution in [0, 0.1) is 0 Å². The molecule has 0 aliphatic rings. The predicted octanol–water partition coefficient (Wildman–Crippen LogP) is 3.01. The summed E-state index contributed by atoms with van der Waals surface area (Å²) in [5, 5.41) is 3.13. The maximum Gasteiger partial charge on any atom is 0.181 e. The molecule has 0 radical (unpaired) electrons. The summed E-state index contributed by atoms with van der Waals surface area (Å²) < 4.78 is 5.30. The van der Waals surface area contributed by atoms with Gasteiger partial charge in [0, 0.05) is 23.4 Å². The summed E-state index contributed by atoms with van der Waals surface area (Å²) in [7, 11) is 0. The number of hydrogen-bond donors (Lipinski definition) is 1. The lowest BCUT2D eigenvalue weighted by molar-refractivity contribution is 0.602. The fourth-order valence-corrected chi connectivity index (χ4v) is 2.66. The van der Waals surface area contributed by atoms with Gasteiger partial charge in [0.2, 0.25) is 0 Å². The number of nitrogens with two attached hydrogens (primary N) is 1. The predicted molar refractivity (Wildman–Crippen MR) is 72.6 cm³/mol. The van der Waals surface area contributed by atoms with Crippen LogP contribution >= 0.6 is 11.3 Å². The van der Waals surface area contributed by atoms with Crippen LogP contribution in [0.4, 0.5) is 0 Å². The minimum atomic E-state index is 0.303. The maximum absolute atomic E-state index is 5.66. The summed E-state index contributed by atoms with van der Waals surface area (Å²) in [5.74, 6) is 0.303. The van der Waals surface area contributed by atoms with Crippen molar-refractivity contribution in [2.75, 3.05) is 6.54 Å². The first-order valence-electron chi connectivity index (χ1n) is 5.77. The van der Waals surface area contributed by atoms with E-state index in [1.807, 2.05) is 18.2 Å². The molecule has 2 N–H and O–H groups in total. The van der Waals surface area contributed by atoms with Gasteiger partial charge in [-0.15, -0.1) is 11.3 Å². The maximum atomic E-state index is 5.66. The molecule has 0 fully saturated rings. The molecule has 0 spiro atoms. The van der Waals surface area contributed by atoms with Crippen molar-refractivity contribution >= 4 is 22.4 Å². The van der Waals surface area contributed by atoms with Gasteiger partial charge in [-0.1, -0.05) is 13.0 Å². The van der Waals surface area contributed by atoms with Gasteiger partial charge in [0.25, 0.3) is 0 Å². The second-order valence-electron chi connectivity index (χ2n) is 4.24. The fraction of sp³-hybridized carbons (Fsp3) is 0.231. The van der Waals surface area contributed by atoms with Crippen molar-refractivity contribution in [3.63, 3.8) is 0 Å². The Bertz CT molecular complexity index is 673. The van der Waals surface area contributed by atoms with E-state index < -0.39 is 0 Å². The first-order valence-corrected chi connectivity index (χ1v) is 6.65. The van der Waals surface area contributed by atoms with Crippen LogP contribution in [-0.4, -0.2) is 16.5 Å². The van der Waals surface area contributed by atoms with Gasteiger partial charge in [0.05, 0.1) is 10.7 Å². The Hall–Kier alpha value is -1.72. The Morgan fingerprint density at radius 3 is 3.17 bits per heavy atom. The van der Waals surface area contributed by atoms with Crippen LogP contribution in [0.25, 0.3) is 22.4 Å². The molecule has 3 rings (SSSR count). The molecule has 1 aromatic carbocycles. The second kappa shape index (κ2) is 4.51. The molecule has 2 aromatic heterocycles. The van der Waals surface area contributed by atoms with Gasteiger partial charge in [-0.05, 0) is 12.1 Å². The molecule has 92 valence electrons. The number of rotatable bonds is 3. The topological polar surface area (TPSA) is 64.9 Å². The van der Waals surface area contributed by atoms with Gasteiger partial charge >= 0.3 is 0 Å². The molecule has 18 heavy (non-hydrogen) atoms. The Labute approximate surface area is 108 Å². The van der Waals surface area contributed by atoms with Crippen molar-refractivity contribution in [1.82, 2.24) is 9.97 Å². The standard InChI is InChI=1S/C13H13N3OS/c1-8(5-14)13-16-11(6-18-13)9-2-3-10-12(4-9)17-7-15-10/h2-4,6-8H,5,14H2,1H3. The lowest BCUT2D eigenvalue weighted by Crippen LogP contribution is -2.08. The quantitative estimate of drug-likeness (QED) is 0.785. The molecule has 1 unspecified atom stereocenters. The molecule has 3 aromatic rings. The highest BCUT2D eigenvalue weighted by Gasteiger charge is 2.11. The van der Waals surface area contributed by atoms with E-state index in [9.17, 15) is 0 Å². The molecule has 0 aliphatic heterocycles. The first kappa shape index (κ1) is 11.4. The highest BCUT2D eigenvalue weighted by Crippen LogP contribution is 2.28. The summed E-state index contributed by atoms with van der Waals surface area (Å²) >= 11 is 1.65. The van der Waals surface area contributed by atoms with Crippen LogP contribution in [0.2, 0.25) is 0 Å². The van der Waals surface area contributed by atoms with E-state index in [1.165, 1.54) is 6.39 Å². The van der Waals surface area contributed by atoms with E-state index in [4.69, 9.17) is 10.2 Å². The van der Waals surface area contributed by atoms with Crippen LogP contribution in [0.1, 0.15) is 17.8 Å². The largest absolute Gasteiger partial charge is 0.443 e. The fourth-order valence-electron chi connectivity index (χ4n) is 1.76. The second-order valence-corrected chi connectivity index (χ2v) is 5.13. The van der Waals surface area contributed by atoms with E-state index in [0.29, 0.717) is 12.5 Å². The number of fused-ring (bicyclic) bond motifs is 1. The lowest BCUT2D eigenvalue weighted by Gasteiger charge is -2.02. The summed E-state index contributed by atoms with van der Waals surface area (Å²) in [6.07, 6.45) is 1.46. The molecule has 1 atom stereocenters. The van der Waals surface area contributed by atoms with Crippen molar-refractivity contribution in [3.05, 3.63) is 35.0 Å². The lowest BCUT2D eigenvalue weighted by atomic mass is 10.1. The van der Waals surface area contributed by atoms with Crippen LogP contribution in [-0.2, 0) is 0 Å². The van der Waals surface area contributed by atoms with Gasteiger partial charge in [0.15, 0.2) is 12.0 Å². The monoisotopic (exact) mass is 259 g/mol. The highest BCUT2D eigenvalue weighted by molar-refractivity contribution is 7.10. The molecule has 5 heteroatoms. The van der Waals surface area contributed by atoms with Crippen LogP contribution in [0.15, 0.2) is 34.4 Å². The van der Waals surface area contributed by atoms with E-state index in [0.717, 1.165) is 27.4 Å². The van der Waals surface area contributed by atoms with Crippen LogP contribution in [0.3, 0.4) is 0 Å². The molecule has 2 heterocycles. The summed E-state index contributed by atoms with van der Waals surface area (Å²) in [5.41, 5.74) is 9.32. The average Bonchev–Trinajstić information content (AvgIpc) is 3.05. The Morgan fingerprint density at radius 2 is 2.33 bits per heavy atom. The van der Waals surface area contributed by atoms with Crippen molar-refractivity contribution < 1.29 is 4.42 Å². The van der Waals surface area contributed by atoms with Gasteiger partial charge < -0.3 is 10.2 Å². The number of aromatic nitrogens is 2. The van der Waals surface area contributed by atoms with Crippen molar-refractivity contribution in [2.45, 2.75) is 12.8 Å². The summed E-state index contributed by atoms with van der Waals surface area (Å²) in [4.78, 5) is 8.72. The van der Waals surface area contributed by atoms with Gasteiger partial charge in [-0.3, -0.25) is 0 Å². The summed E-state index contributed by atoms with van der Waals surface area (Å²) in [6.45, 7) is 2.70. The highest BCUT2D eigenvalue weighted by atomic mass is 32.1. The van der Waals surface area contributed by atoms with Crippen LogP contribution < -0.4 is 5.73 Å². The number of oxazole rings is 1. The SMILES string of the molecule is CC(CN)c1nc(-c2ccc3ncoc3c2)cs1. The summed E-state index contributed by atoms with van der Waals surface area (Å²) in [6, 6.07) is 5.92. The third kappa shape index (κ3) is 1.91. The normalized spacial score (nSPS) is 13.0. The van der Waals surface area contributed by atoms with E-state index >= 15 is 0 Å². The minimum Gasteiger partial charge on any atom is -0.443 e. The van der Waals surface area contributed by atoms with E-state index in [2.05, 4.69) is 22.3 Å². The minimum absolute atomic E-state index is 0.303. The molecule has 0 saturated carbocycles. The number of hydrogen-bond acceptors (Lipinski definition) is 5. The zero-order chi connectivity index (χ0) is 12.5. The first-order chi connectivity index (χ1) is 8.78. The van der Waals surface area contributed by atoms with E-state index in [1.54, 1.807) is 11.3 Å². The Kier molecular flexibility index (Phi) is 2.85. The molecular weight excluding hydrogens is 246 g/mol. The van der Waals surface area contributed by atoms with Crippen molar-refractivity contribution in [1.29, 1.82) is 0 Å².